The van der Waals surface area contributed by atoms with Crippen molar-refractivity contribution in [2.24, 2.45) is 0 Å². The zero-order chi connectivity index (χ0) is 18.4. The number of hydrogen-bond donors (Lipinski definition) is 2. The molecule has 0 aliphatic carbocycles. The van der Waals surface area contributed by atoms with Crippen molar-refractivity contribution in [2.75, 3.05) is 25.0 Å². The first-order valence-corrected chi connectivity index (χ1v) is 8.26. The molecular formula is C17H22F3N3O2. The Hall–Kier alpha value is -2.09. The number of carbonyl (C=O) groups is 2. The maximum Gasteiger partial charge on any atom is 0.416 e. The Balaban J connectivity index is 1.84. The quantitative estimate of drug-likeness (QED) is 0.852. The number of rotatable bonds is 5. The predicted octanol–water partition coefficient (Wildman–Crippen LogP) is 2.63. The third-order valence-corrected chi connectivity index (χ3v) is 4.05. The molecule has 25 heavy (non-hydrogen) atoms. The van der Waals surface area contributed by atoms with Gasteiger partial charge in [0.05, 0.1) is 12.1 Å². The number of likely N-dealkylation sites (tertiary alicyclic amines) is 1. The lowest BCUT2D eigenvalue weighted by atomic mass is 10.1. The summed E-state index contributed by atoms with van der Waals surface area (Å²) in [5, 5.41) is 5.52. The first kappa shape index (κ1) is 19.2. The van der Waals surface area contributed by atoms with Crippen molar-refractivity contribution < 1.29 is 22.8 Å². The van der Waals surface area contributed by atoms with Crippen LogP contribution in [0.25, 0.3) is 0 Å². The average Bonchev–Trinajstić information content (AvgIpc) is 2.54. The van der Waals surface area contributed by atoms with Crippen LogP contribution in [0.5, 0.6) is 0 Å². The molecule has 1 aliphatic rings. The molecule has 0 radical (unpaired) electrons. The fraction of sp³-hybridized carbons (Fsp3) is 0.529. The Morgan fingerprint density at radius 1 is 1.20 bits per heavy atom. The third-order valence-electron chi connectivity index (χ3n) is 4.05. The zero-order valence-corrected chi connectivity index (χ0v) is 14.0. The molecule has 2 N–H and O–H groups in total. The minimum Gasteiger partial charge on any atom is -0.352 e. The van der Waals surface area contributed by atoms with Crippen LogP contribution in [0.15, 0.2) is 24.3 Å². The van der Waals surface area contributed by atoms with Crippen molar-refractivity contribution in [3.8, 4) is 0 Å². The van der Waals surface area contributed by atoms with E-state index in [1.807, 2.05) is 4.90 Å². The van der Waals surface area contributed by atoms with Crippen LogP contribution < -0.4 is 10.6 Å². The highest BCUT2D eigenvalue weighted by Crippen LogP contribution is 2.29. The molecule has 0 bridgehead atoms. The lowest BCUT2D eigenvalue weighted by molar-refractivity contribution is -0.137. The van der Waals surface area contributed by atoms with Gasteiger partial charge in [0, 0.05) is 24.7 Å². The molecule has 1 aromatic carbocycles. The molecule has 138 valence electrons. The first-order chi connectivity index (χ1) is 11.8. The van der Waals surface area contributed by atoms with Gasteiger partial charge >= 0.3 is 6.18 Å². The summed E-state index contributed by atoms with van der Waals surface area (Å²) in [7, 11) is 0. The summed E-state index contributed by atoms with van der Waals surface area (Å²) in [6.07, 6.45) is -2.22. The number of carbonyl (C=O) groups excluding carboxylic acids is 2. The van der Waals surface area contributed by atoms with E-state index in [2.05, 4.69) is 10.6 Å². The molecule has 1 atom stereocenters. The number of alkyl halides is 3. The SMILES string of the molecule is CCC(=O)NC1CCCN(CC(=O)Nc2ccc(C(F)(F)F)cc2)C1. The Morgan fingerprint density at radius 3 is 2.48 bits per heavy atom. The van der Waals surface area contributed by atoms with Crippen molar-refractivity contribution in [1.29, 1.82) is 0 Å². The highest BCUT2D eigenvalue weighted by molar-refractivity contribution is 5.92. The maximum atomic E-state index is 12.5. The molecule has 1 heterocycles. The Morgan fingerprint density at radius 2 is 1.88 bits per heavy atom. The second kappa shape index (κ2) is 8.33. The highest BCUT2D eigenvalue weighted by Gasteiger charge is 2.30. The summed E-state index contributed by atoms with van der Waals surface area (Å²) in [6.45, 7) is 3.26. The molecule has 1 aliphatic heterocycles. The van der Waals surface area contributed by atoms with Crippen LogP contribution in [0.3, 0.4) is 0 Å². The van der Waals surface area contributed by atoms with Crippen LogP contribution in [-0.4, -0.2) is 42.4 Å². The van der Waals surface area contributed by atoms with Crippen molar-refractivity contribution in [1.82, 2.24) is 10.2 Å². The minimum atomic E-state index is -4.39. The smallest absolute Gasteiger partial charge is 0.352 e. The van der Waals surface area contributed by atoms with Gasteiger partial charge in [-0.25, -0.2) is 0 Å². The van der Waals surface area contributed by atoms with Crippen molar-refractivity contribution in [3.05, 3.63) is 29.8 Å². The molecule has 1 saturated heterocycles. The van der Waals surface area contributed by atoms with E-state index < -0.39 is 11.7 Å². The van der Waals surface area contributed by atoms with Crippen LogP contribution in [-0.2, 0) is 15.8 Å². The molecule has 2 rings (SSSR count). The molecule has 2 amide bonds. The lowest BCUT2D eigenvalue weighted by Crippen LogP contribution is -2.49. The standard InChI is InChI=1S/C17H22F3N3O2/c1-2-15(24)22-14-4-3-9-23(10-14)11-16(25)21-13-7-5-12(6-8-13)17(18,19)20/h5-8,14H,2-4,9-11H2,1H3,(H,21,25)(H,22,24). The molecule has 0 spiro atoms. The predicted molar refractivity (Wildman–Crippen MR) is 88.0 cm³/mol. The van der Waals surface area contributed by atoms with Crippen molar-refractivity contribution >= 4 is 17.5 Å². The largest absolute Gasteiger partial charge is 0.416 e. The third kappa shape index (κ3) is 6.04. The lowest BCUT2D eigenvalue weighted by Gasteiger charge is -2.32. The van der Waals surface area contributed by atoms with E-state index in [-0.39, 0.29) is 24.4 Å². The summed E-state index contributed by atoms with van der Waals surface area (Å²) in [6, 6.07) is 4.38. The Labute approximate surface area is 144 Å². The van der Waals surface area contributed by atoms with Crippen LogP contribution in [0.4, 0.5) is 18.9 Å². The zero-order valence-electron chi connectivity index (χ0n) is 14.0. The van der Waals surface area contributed by atoms with Gasteiger partial charge in [-0.3, -0.25) is 14.5 Å². The van der Waals surface area contributed by atoms with Gasteiger partial charge in [0.15, 0.2) is 0 Å². The summed E-state index contributed by atoms with van der Waals surface area (Å²) in [4.78, 5) is 25.5. The number of amides is 2. The van der Waals surface area contributed by atoms with E-state index in [1.165, 1.54) is 12.1 Å². The van der Waals surface area contributed by atoms with Gasteiger partial charge < -0.3 is 10.6 Å². The number of nitrogens with zero attached hydrogens (tertiary/aromatic N) is 1. The normalized spacial score (nSPS) is 18.6. The number of nitrogens with one attached hydrogen (secondary N) is 2. The van der Waals surface area contributed by atoms with Gasteiger partial charge in [-0.05, 0) is 43.7 Å². The Kier molecular flexibility index (Phi) is 6.41. The van der Waals surface area contributed by atoms with Crippen LogP contribution in [0.2, 0.25) is 0 Å². The van der Waals surface area contributed by atoms with Gasteiger partial charge in [-0.1, -0.05) is 6.92 Å². The molecule has 0 aromatic heterocycles. The maximum absolute atomic E-state index is 12.5. The van der Waals surface area contributed by atoms with E-state index in [0.29, 0.717) is 18.7 Å². The van der Waals surface area contributed by atoms with Gasteiger partial charge in [0.2, 0.25) is 11.8 Å². The molecular weight excluding hydrogens is 335 g/mol. The number of piperidine rings is 1. The van der Waals surface area contributed by atoms with E-state index in [4.69, 9.17) is 0 Å². The fourth-order valence-electron chi connectivity index (χ4n) is 2.79. The fourth-order valence-corrected chi connectivity index (χ4v) is 2.79. The molecule has 1 fully saturated rings. The van der Waals surface area contributed by atoms with E-state index >= 15 is 0 Å². The van der Waals surface area contributed by atoms with Crippen molar-refractivity contribution in [3.63, 3.8) is 0 Å². The molecule has 0 saturated carbocycles. The molecule has 5 nitrogen and oxygen atoms in total. The second-order valence-corrected chi connectivity index (χ2v) is 6.12. The molecule has 1 unspecified atom stereocenters. The van der Waals surface area contributed by atoms with Crippen molar-refractivity contribution in [2.45, 2.75) is 38.4 Å². The summed E-state index contributed by atoms with van der Waals surface area (Å²) >= 11 is 0. The van der Waals surface area contributed by atoms with Crippen LogP contribution in [0, 0.1) is 0 Å². The number of hydrogen-bond acceptors (Lipinski definition) is 3. The average molecular weight is 357 g/mol. The van der Waals surface area contributed by atoms with Gasteiger partial charge in [-0.2, -0.15) is 13.2 Å². The van der Waals surface area contributed by atoms with Crippen LogP contribution >= 0.6 is 0 Å². The topological polar surface area (TPSA) is 61.4 Å². The summed E-state index contributed by atoms with van der Waals surface area (Å²) in [5.74, 6) is -0.303. The first-order valence-electron chi connectivity index (χ1n) is 8.26. The van der Waals surface area contributed by atoms with Gasteiger partial charge in [0.1, 0.15) is 0 Å². The Bertz CT molecular complexity index is 602. The van der Waals surface area contributed by atoms with Crippen LogP contribution in [0.1, 0.15) is 31.7 Å². The molecule has 1 aromatic rings. The van der Waals surface area contributed by atoms with E-state index in [1.54, 1.807) is 6.92 Å². The number of anilines is 1. The van der Waals surface area contributed by atoms with Gasteiger partial charge in [-0.15, -0.1) is 0 Å². The van der Waals surface area contributed by atoms with E-state index in [0.717, 1.165) is 31.5 Å². The van der Waals surface area contributed by atoms with E-state index in [9.17, 15) is 22.8 Å². The highest BCUT2D eigenvalue weighted by atomic mass is 19.4. The summed E-state index contributed by atoms with van der Waals surface area (Å²) in [5.41, 5.74) is -0.429. The summed E-state index contributed by atoms with van der Waals surface area (Å²) < 4.78 is 37.6. The monoisotopic (exact) mass is 357 g/mol. The minimum absolute atomic E-state index is 0.0129. The molecule has 8 heteroatoms. The van der Waals surface area contributed by atoms with Gasteiger partial charge in [0.25, 0.3) is 0 Å². The number of halogens is 3. The second-order valence-electron chi connectivity index (χ2n) is 6.12. The number of benzene rings is 1.